The van der Waals surface area contributed by atoms with Crippen LogP contribution in [0.2, 0.25) is 0 Å². The summed E-state index contributed by atoms with van der Waals surface area (Å²) in [6.07, 6.45) is 3.73. The highest BCUT2D eigenvalue weighted by Crippen LogP contribution is 2.35. The van der Waals surface area contributed by atoms with Gasteiger partial charge in [0, 0.05) is 49.0 Å². The minimum Gasteiger partial charge on any atom is -0.447 e. The number of ether oxygens (including phenoxy) is 1. The first-order valence-electron chi connectivity index (χ1n) is 14.8. The van der Waals surface area contributed by atoms with E-state index >= 15 is 0 Å². The average molecular weight is 581 g/mol. The van der Waals surface area contributed by atoms with E-state index in [9.17, 15) is 14.9 Å². The molecule has 6 rings (SSSR count). The van der Waals surface area contributed by atoms with Crippen LogP contribution in [0.15, 0.2) is 49.1 Å². The molecule has 2 atom stereocenters. The highest BCUT2D eigenvalue weighted by molar-refractivity contribution is 6.08. The molecule has 0 aliphatic carbocycles. The third-order valence-corrected chi connectivity index (χ3v) is 8.76. The number of carbonyl (C=O) groups excluding carboxylic acids is 2. The van der Waals surface area contributed by atoms with Gasteiger partial charge in [0.1, 0.15) is 12.5 Å². The Morgan fingerprint density at radius 2 is 2.02 bits per heavy atom. The highest BCUT2D eigenvalue weighted by atomic mass is 16.5. The van der Waals surface area contributed by atoms with E-state index in [0.717, 1.165) is 41.4 Å². The molecule has 222 valence electrons. The summed E-state index contributed by atoms with van der Waals surface area (Å²) in [4.78, 5) is 43.9. The lowest BCUT2D eigenvalue weighted by molar-refractivity contribution is -0.128. The molecule has 0 spiro atoms. The Bertz CT molecular complexity index is 1620. The summed E-state index contributed by atoms with van der Waals surface area (Å²) in [5.74, 6) is 0.350. The molecule has 3 aliphatic rings. The van der Waals surface area contributed by atoms with Crippen LogP contribution >= 0.6 is 0 Å². The molecule has 2 aromatic carbocycles. The molecule has 4 heterocycles. The first kappa shape index (κ1) is 28.4. The Kier molecular flexibility index (Phi) is 7.86. The zero-order chi connectivity index (χ0) is 30.1. The molecule has 0 saturated carbocycles. The molecule has 2 amide bonds. The predicted octanol–water partition coefficient (Wildman–Crippen LogP) is 3.31. The van der Waals surface area contributed by atoms with Gasteiger partial charge in [0.25, 0.3) is 5.91 Å². The lowest BCUT2D eigenvalue weighted by Gasteiger charge is -2.41. The summed E-state index contributed by atoms with van der Waals surface area (Å²) in [5, 5.41) is 11.3. The largest absolute Gasteiger partial charge is 0.447 e. The normalized spacial score (nSPS) is 20.2. The number of aromatic nitrogens is 2. The fourth-order valence-corrected chi connectivity index (χ4v) is 6.43. The maximum Gasteiger partial charge on any atom is 0.320 e. The number of hydrogen-bond donors (Lipinski definition) is 1. The van der Waals surface area contributed by atoms with E-state index in [0.29, 0.717) is 62.6 Å². The number of carbonyl (C=O) groups is 2. The lowest BCUT2D eigenvalue weighted by Crippen LogP contribution is -2.55. The van der Waals surface area contributed by atoms with Crippen LogP contribution in [0.1, 0.15) is 47.8 Å². The SMILES string of the molecule is C=CC(=O)N1CCN(c2nc(OCN3CCCC3C)nc3c2CN(C(=O)c2cc(N)cc4ccccc24)C3)C[C@@H]1CC#N. The van der Waals surface area contributed by atoms with Gasteiger partial charge in [-0.25, -0.2) is 0 Å². The number of anilines is 2. The second-order valence-electron chi connectivity index (χ2n) is 11.5. The fourth-order valence-electron chi connectivity index (χ4n) is 6.43. The minimum absolute atomic E-state index is 0.135. The Hall–Kier alpha value is -4.69. The summed E-state index contributed by atoms with van der Waals surface area (Å²) < 4.78 is 6.15. The first-order valence-corrected chi connectivity index (χ1v) is 14.8. The maximum absolute atomic E-state index is 14.0. The number of piperazine rings is 1. The van der Waals surface area contributed by atoms with E-state index in [-0.39, 0.29) is 30.3 Å². The van der Waals surface area contributed by atoms with E-state index in [1.807, 2.05) is 30.3 Å². The third kappa shape index (κ3) is 5.58. The summed E-state index contributed by atoms with van der Waals surface area (Å²) >= 11 is 0. The topological polar surface area (TPSA) is 132 Å². The number of hydrogen-bond acceptors (Lipinski definition) is 9. The van der Waals surface area contributed by atoms with Crippen molar-refractivity contribution in [1.29, 1.82) is 5.26 Å². The molecular weight excluding hydrogens is 544 g/mol. The summed E-state index contributed by atoms with van der Waals surface area (Å²) in [6.45, 7) is 9.16. The smallest absolute Gasteiger partial charge is 0.320 e. The van der Waals surface area contributed by atoms with Crippen LogP contribution in [-0.4, -0.2) is 81.5 Å². The molecule has 2 fully saturated rings. The van der Waals surface area contributed by atoms with Crippen molar-refractivity contribution in [2.75, 3.05) is 43.5 Å². The molecule has 0 bridgehead atoms. The quantitative estimate of drug-likeness (QED) is 0.330. The van der Waals surface area contributed by atoms with Crippen molar-refractivity contribution in [3.05, 3.63) is 65.9 Å². The average Bonchev–Trinajstić information content (AvgIpc) is 3.64. The Labute approximate surface area is 251 Å². The summed E-state index contributed by atoms with van der Waals surface area (Å²) in [6, 6.07) is 13.9. The van der Waals surface area contributed by atoms with Gasteiger partial charge in [0.05, 0.1) is 37.3 Å². The van der Waals surface area contributed by atoms with Crippen molar-refractivity contribution >= 4 is 34.1 Å². The van der Waals surface area contributed by atoms with Crippen LogP contribution in [0.3, 0.4) is 0 Å². The molecule has 2 N–H and O–H groups in total. The molecule has 0 radical (unpaired) electrons. The van der Waals surface area contributed by atoms with Crippen LogP contribution in [0, 0.1) is 11.3 Å². The van der Waals surface area contributed by atoms with Crippen LogP contribution in [-0.2, 0) is 17.9 Å². The number of nitrogens with two attached hydrogens (primary N) is 1. The number of nitrogen functional groups attached to an aromatic ring is 1. The van der Waals surface area contributed by atoms with Crippen molar-refractivity contribution in [3.8, 4) is 12.1 Å². The number of nitrogens with zero attached hydrogens (tertiary/aromatic N) is 7. The zero-order valence-corrected chi connectivity index (χ0v) is 24.4. The highest BCUT2D eigenvalue weighted by Gasteiger charge is 2.36. The number of likely N-dealkylation sites (tertiary alicyclic amines) is 1. The number of rotatable bonds is 7. The van der Waals surface area contributed by atoms with Gasteiger partial charge in [-0.15, -0.1) is 0 Å². The van der Waals surface area contributed by atoms with Crippen LogP contribution in [0.5, 0.6) is 6.01 Å². The number of amides is 2. The standard InChI is InChI=1S/C32H36N8O3/c1-3-29(41)40-14-13-37(17-24(40)10-11-33)30-27-18-39(31(42)26-16-23(34)15-22-8-4-5-9-25(22)26)19-28(27)35-32(36-30)43-20-38-12-6-7-21(38)2/h3-5,8-9,15-16,21,24H,1,6-7,10,12-14,17-20,34H2,2H3/t21?,24-/m0/s1. The summed E-state index contributed by atoms with van der Waals surface area (Å²) in [7, 11) is 0. The van der Waals surface area contributed by atoms with Crippen molar-refractivity contribution < 1.29 is 14.3 Å². The Balaban J connectivity index is 1.32. The van der Waals surface area contributed by atoms with E-state index in [1.54, 1.807) is 15.9 Å². The minimum atomic E-state index is -0.317. The molecular formula is C32H36N8O3. The van der Waals surface area contributed by atoms with Crippen LogP contribution < -0.4 is 15.4 Å². The lowest BCUT2D eigenvalue weighted by atomic mass is 10.0. The molecule has 43 heavy (non-hydrogen) atoms. The van der Waals surface area contributed by atoms with Gasteiger partial charge >= 0.3 is 6.01 Å². The van der Waals surface area contributed by atoms with Gasteiger partial charge in [0.15, 0.2) is 0 Å². The zero-order valence-electron chi connectivity index (χ0n) is 24.4. The molecule has 1 unspecified atom stereocenters. The van der Waals surface area contributed by atoms with Crippen LogP contribution in [0.25, 0.3) is 10.8 Å². The van der Waals surface area contributed by atoms with Crippen molar-refractivity contribution in [2.24, 2.45) is 0 Å². The second kappa shape index (κ2) is 11.9. The third-order valence-electron chi connectivity index (χ3n) is 8.76. The van der Waals surface area contributed by atoms with E-state index in [4.69, 9.17) is 20.4 Å². The van der Waals surface area contributed by atoms with Crippen molar-refractivity contribution in [3.63, 3.8) is 0 Å². The summed E-state index contributed by atoms with van der Waals surface area (Å²) in [5.41, 5.74) is 8.84. The number of fused-ring (bicyclic) bond motifs is 2. The molecule has 11 nitrogen and oxygen atoms in total. The van der Waals surface area contributed by atoms with Gasteiger partial charge < -0.3 is 25.2 Å². The first-order chi connectivity index (χ1) is 20.9. The number of benzene rings is 2. The Morgan fingerprint density at radius 1 is 1.19 bits per heavy atom. The molecule has 3 aliphatic heterocycles. The van der Waals surface area contributed by atoms with Gasteiger partial charge in [-0.2, -0.15) is 15.2 Å². The Morgan fingerprint density at radius 3 is 2.79 bits per heavy atom. The fraction of sp³-hybridized carbons (Fsp3) is 0.406. The van der Waals surface area contributed by atoms with Crippen LogP contribution in [0.4, 0.5) is 11.5 Å². The van der Waals surface area contributed by atoms with Gasteiger partial charge in [-0.1, -0.05) is 30.8 Å². The maximum atomic E-state index is 14.0. The molecule has 11 heteroatoms. The van der Waals surface area contributed by atoms with Gasteiger partial charge in [-0.3, -0.25) is 14.5 Å². The monoisotopic (exact) mass is 580 g/mol. The second-order valence-corrected chi connectivity index (χ2v) is 11.5. The van der Waals surface area contributed by atoms with E-state index < -0.39 is 0 Å². The van der Waals surface area contributed by atoms with Gasteiger partial charge in [0.2, 0.25) is 5.91 Å². The van der Waals surface area contributed by atoms with Gasteiger partial charge in [-0.05, 0) is 48.7 Å². The molecule has 2 saturated heterocycles. The van der Waals surface area contributed by atoms with E-state index in [2.05, 4.69) is 29.4 Å². The van der Waals surface area contributed by atoms with Crippen molar-refractivity contribution in [2.45, 2.75) is 51.4 Å². The molecule has 3 aromatic rings. The predicted molar refractivity (Wildman–Crippen MR) is 163 cm³/mol. The van der Waals surface area contributed by atoms with E-state index in [1.165, 1.54) is 6.08 Å². The van der Waals surface area contributed by atoms with Crippen molar-refractivity contribution in [1.82, 2.24) is 24.7 Å². The number of nitriles is 1. The molecule has 1 aromatic heterocycles.